The van der Waals surface area contributed by atoms with E-state index in [0.29, 0.717) is 18.5 Å². The molecule has 1 aromatic rings. The average molecular weight is 221 g/mol. The lowest BCUT2D eigenvalue weighted by Gasteiger charge is -2.29. The van der Waals surface area contributed by atoms with Crippen LogP contribution in [0.2, 0.25) is 0 Å². The van der Waals surface area contributed by atoms with Gasteiger partial charge in [-0.05, 0) is 30.7 Å². The van der Waals surface area contributed by atoms with Gasteiger partial charge in [-0.3, -0.25) is 9.88 Å². The smallest absolute Gasteiger partial charge is 0.0468 e. The fourth-order valence-corrected chi connectivity index (χ4v) is 1.90. The van der Waals surface area contributed by atoms with Crippen LogP contribution in [0.4, 0.5) is 0 Å². The van der Waals surface area contributed by atoms with E-state index in [0.717, 1.165) is 6.54 Å². The Kier molecular flexibility index (Phi) is 5.43. The minimum Gasteiger partial charge on any atom is -0.329 e. The molecule has 0 saturated heterocycles. The topological polar surface area (TPSA) is 42.1 Å². The molecule has 0 aliphatic heterocycles. The maximum atomic E-state index is 5.86. The molecule has 0 fully saturated rings. The van der Waals surface area contributed by atoms with E-state index in [4.69, 9.17) is 5.73 Å². The Morgan fingerprint density at radius 1 is 1.38 bits per heavy atom. The molecule has 0 spiro atoms. The Morgan fingerprint density at radius 3 is 2.50 bits per heavy atom. The van der Waals surface area contributed by atoms with Gasteiger partial charge in [0.25, 0.3) is 0 Å². The van der Waals surface area contributed by atoms with E-state index in [9.17, 15) is 0 Å². The first kappa shape index (κ1) is 13.1. The summed E-state index contributed by atoms with van der Waals surface area (Å²) in [6, 6.07) is 4.40. The molecule has 0 radical (unpaired) electrons. The van der Waals surface area contributed by atoms with Crippen LogP contribution in [0.1, 0.15) is 31.9 Å². The molecule has 2 N–H and O–H groups in total. The van der Waals surface area contributed by atoms with E-state index in [1.807, 2.05) is 24.5 Å². The third-order valence-electron chi connectivity index (χ3n) is 3.14. The first-order valence-corrected chi connectivity index (χ1v) is 5.99. The van der Waals surface area contributed by atoms with Crippen LogP contribution in [-0.2, 0) is 0 Å². The zero-order chi connectivity index (χ0) is 12.0. The highest BCUT2D eigenvalue weighted by Crippen LogP contribution is 2.18. The normalized spacial score (nSPS) is 15.1. The summed E-state index contributed by atoms with van der Waals surface area (Å²) in [6.45, 7) is 6.23. The summed E-state index contributed by atoms with van der Waals surface area (Å²) in [5, 5.41) is 0. The van der Waals surface area contributed by atoms with E-state index in [-0.39, 0.29) is 0 Å². The monoisotopic (exact) mass is 221 g/mol. The number of pyridine rings is 1. The lowest BCUT2D eigenvalue weighted by molar-refractivity contribution is 0.215. The van der Waals surface area contributed by atoms with Crippen molar-refractivity contribution in [3.05, 3.63) is 30.1 Å². The molecule has 1 heterocycles. The Hall–Kier alpha value is -0.930. The number of hydrogen-bond acceptors (Lipinski definition) is 3. The first-order valence-electron chi connectivity index (χ1n) is 5.99. The molecule has 0 aliphatic carbocycles. The highest BCUT2D eigenvalue weighted by atomic mass is 15.1. The van der Waals surface area contributed by atoms with E-state index in [1.165, 1.54) is 12.0 Å². The van der Waals surface area contributed by atoms with Crippen LogP contribution in [0.25, 0.3) is 0 Å². The highest BCUT2D eigenvalue weighted by molar-refractivity contribution is 5.15. The molecule has 3 nitrogen and oxygen atoms in total. The summed E-state index contributed by atoms with van der Waals surface area (Å²) in [4.78, 5) is 6.38. The zero-order valence-electron chi connectivity index (χ0n) is 10.6. The van der Waals surface area contributed by atoms with Crippen molar-refractivity contribution in [1.82, 2.24) is 9.88 Å². The lowest BCUT2D eigenvalue weighted by Crippen LogP contribution is -2.33. The van der Waals surface area contributed by atoms with Gasteiger partial charge in [0.15, 0.2) is 0 Å². The van der Waals surface area contributed by atoms with Gasteiger partial charge >= 0.3 is 0 Å². The zero-order valence-corrected chi connectivity index (χ0v) is 10.6. The molecule has 3 heteroatoms. The van der Waals surface area contributed by atoms with Gasteiger partial charge in [-0.25, -0.2) is 0 Å². The summed E-state index contributed by atoms with van der Waals surface area (Å²) in [5.74, 6) is 0.709. The molecule has 1 rings (SSSR count). The molecule has 1 aromatic heterocycles. The van der Waals surface area contributed by atoms with Crippen molar-refractivity contribution >= 4 is 0 Å². The van der Waals surface area contributed by atoms with Crippen LogP contribution < -0.4 is 5.73 Å². The number of nitrogens with zero attached hydrogens (tertiary/aromatic N) is 2. The van der Waals surface area contributed by atoms with Crippen molar-refractivity contribution in [2.45, 2.75) is 26.3 Å². The molecule has 0 aliphatic rings. The van der Waals surface area contributed by atoms with Gasteiger partial charge in [0.2, 0.25) is 0 Å². The first-order chi connectivity index (χ1) is 7.69. The number of rotatable bonds is 6. The van der Waals surface area contributed by atoms with Gasteiger partial charge in [-0.1, -0.05) is 20.3 Å². The van der Waals surface area contributed by atoms with Crippen molar-refractivity contribution in [3.8, 4) is 0 Å². The quantitative estimate of drug-likeness (QED) is 0.799. The number of hydrogen-bond donors (Lipinski definition) is 1. The van der Waals surface area contributed by atoms with E-state index in [2.05, 4.69) is 30.8 Å². The lowest BCUT2D eigenvalue weighted by atomic mass is 10.0. The Balaban J connectivity index is 2.67. The van der Waals surface area contributed by atoms with Crippen molar-refractivity contribution in [3.63, 3.8) is 0 Å². The third kappa shape index (κ3) is 3.58. The summed E-state index contributed by atoms with van der Waals surface area (Å²) >= 11 is 0. The van der Waals surface area contributed by atoms with Gasteiger partial charge in [0, 0.05) is 31.5 Å². The van der Waals surface area contributed by atoms with Crippen LogP contribution in [0.15, 0.2) is 24.5 Å². The van der Waals surface area contributed by atoms with E-state index < -0.39 is 0 Å². The second-order valence-electron chi connectivity index (χ2n) is 4.49. The standard InChI is InChI=1S/C13H23N3/c1-4-11(2)10-16(3)13(9-14)12-5-7-15-8-6-12/h5-8,11,13H,4,9-10,14H2,1-3H3. The van der Waals surface area contributed by atoms with Crippen LogP contribution in [-0.4, -0.2) is 30.0 Å². The molecule has 0 bridgehead atoms. The Bertz CT molecular complexity index is 286. The summed E-state index contributed by atoms with van der Waals surface area (Å²) < 4.78 is 0. The van der Waals surface area contributed by atoms with Crippen molar-refractivity contribution in [2.24, 2.45) is 11.7 Å². The maximum Gasteiger partial charge on any atom is 0.0468 e. The Morgan fingerprint density at radius 2 is 2.00 bits per heavy atom. The Labute approximate surface area is 98.7 Å². The predicted molar refractivity (Wildman–Crippen MR) is 68.1 cm³/mol. The summed E-state index contributed by atoms with van der Waals surface area (Å²) in [5.41, 5.74) is 7.11. The molecular formula is C13H23N3. The highest BCUT2D eigenvalue weighted by Gasteiger charge is 2.16. The van der Waals surface area contributed by atoms with Crippen LogP contribution in [0.3, 0.4) is 0 Å². The summed E-state index contributed by atoms with van der Waals surface area (Å²) in [6.07, 6.45) is 4.86. The van der Waals surface area contributed by atoms with Gasteiger partial charge in [0.05, 0.1) is 0 Å². The molecule has 16 heavy (non-hydrogen) atoms. The summed E-state index contributed by atoms with van der Waals surface area (Å²) in [7, 11) is 2.14. The average Bonchev–Trinajstić information content (AvgIpc) is 2.31. The minimum atomic E-state index is 0.303. The van der Waals surface area contributed by atoms with Gasteiger partial charge in [0.1, 0.15) is 0 Å². The van der Waals surface area contributed by atoms with E-state index >= 15 is 0 Å². The predicted octanol–water partition coefficient (Wildman–Crippen LogP) is 2.06. The molecule has 90 valence electrons. The van der Waals surface area contributed by atoms with Gasteiger partial charge in [-0.2, -0.15) is 0 Å². The third-order valence-corrected chi connectivity index (χ3v) is 3.14. The van der Waals surface area contributed by atoms with Crippen LogP contribution >= 0.6 is 0 Å². The molecule has 0 saturated carbocycles. The number of likely N-dealkylation sites (N-methyl/N-ethyl adjacent to an activating group) is 1. The molecular weight excluding hydrogens is 198 g/mol. The van der Waals surface area contributed by atoms with Gasteiger partial charge < -0.3 is 5.73 Å². The van der Waals surface area contributed by atoms with Crippen molar-refractivity contribution in [1.29, 1.82) is 0 Å². The molecule has 0 aromatic carbocycles. The van der Waals surface area contributed by atoms with E-state index in [1.54, 1.807) is 0 Å². The SMILES string of the molecule is CCC(C)CN(C)C(CN)c1ccncc1. The molecule has 0 amide bonds. The number of nitrogens with two attached hydrogens (primary N) is 1. The minimum absolute atomic E-state index is 0.303. The second-order valence-corrected chi connectivity index (χ2v) is 4.49. The van der Waals surface area contributed by atoms with Gasteiger partial charge in [-0.15, -0.1) is 0 Å². The van der Waals surface area contributed by atoms with Crippen molar-refractivity contribution in [2.75, 3.05) is 20.1 Å². The molecule has 2 unspecified atom stereocenters. The second kappa shape index (κ2) is 6.61. The van der Waals surface area contributed by atoms with Crippen molar-refractivity contribution < 1.29 is 0 Å². The maximum absolute atomic E-state index is 5.86. The fourth-order valence-electron chi connectivity index (χ4n) is 1.90. The van der Waals surface area contributed by atoms with Crippen LogP contribution in [0, 0.1) is 5.92 Å². The molecule has 2 atom stereocenters. The number of aromatic nitrogens is 1. The largest absolute Gasteiger partial charge is 0.329 e. The fraction of sp³-hybridized carbons (Fsp3) is 0.615. The van der Waals surface area contributed by atoms with Crippen LogP contribution in [0.5, 0.6) is 0 Å².